The van der Waals surface area contributed by atoms with E-state index >= 15 is 0 Å². The Hall–Kier alpha value is -1.60. The van der Waals surface area contributed by atoms with Crippen LogP contribution in [0, 0.1) is 0 Å². The fourth-order valence-corrected chi connectivity index (χ4v) is 2.96. The van der Waals surface area contributed by atoms with Gasteiger partial charge < -0.3 is 20.5 Å². The molecular formula is C18H27ClF2N2O3. The van der Waals surface area contributed by atoms with Gasteiger partial charge in [-0.3, -0.25) is 4.79 Å². The molecule has 3 N–H and O–H groups in total. The van der Waals surface area contributed by atoms with E-state index in [1.165, 1.54) is 6.07 Å². The van der Waals surface area contributed by atoms with E-state index in [4.69, 9.17) is 10.5 Å². The van der Waals surface area contributed by atoms with Gasteiger partial charge in [0.25, 0.3) is 0 Å². The van der Waals surface area contributed by atoms with Crippen LogP contribution < -0.4 is 20.5 Å². The molecule has 1 aliphatic carbocycles. The van der Waals surface area contributed by atoms with Crippen molar-refractivity contribution in [2.45, 2.75) is 64.1 Å². The van der Waals surface area contributed by atoms with Crippen molar-refractivity contribution in [3.8, 4) is 11.5 Å². The maximum atomic E-state index is 12.7. The summed E-state index contributed by atoms with van der Waals surface area (Å²) in [5.74, 6) is 0.204. The first-order valence-corrected chi connectivity index (χ1v) is 8.72. The van der Waals surface area contributed by atoms with E-state index in [-0.39, 0.29) is 30.6 Å². The number of nitrogens with two attached hydrogens (primary N) is 1. The third kappa shape index (κ3) is 6.29. The molecule has 1 saturated carbocycles. The molecule has 0 bridgehead atoms. The second-order valence-electron chi connectivity index (χ2n) is 6.40. The van der Waals surface area contributed by atoms with E-state index in [1.807, 2.05) is 6.92 Å². The average molecular weight is 393 g/mol. The van der Waals surface area contributed by atoms with Crippen LogP contribution in [0.5, 0.6) is 11.5 Å². The maximum Gasteiger partial charge on any atom is 0.387 e. The molecule has 1 aromatic carbocycles. The Kier molecular flexibility index (Phi) is 9.08. The molecule has 0 unspecified atom stereocenters. The predicted molar refractivity (Wildman–Crippen MR) is 98.0 cm³/mol. The van der Waals surface area contributed by atoms with E-state index in [9.17, 15) is 13.6 Å². The molecule has 0 radical (unpaired) electrons. The zero-order chi connectivity index (χ0) is 18.3. The molecule has 0 saturated heterocycles. The van der Waals surface area contributed by atoms with Gasteiger partial charge in [-0.2, -0.15) is 8.78 Å². The molecule has 0 atom stereocenters. The normalized spacial score (nSPS) is 15.9. The van der Waals surface area contributed by atoms with Crippen molar-refractivity contribution in [3.05, 3.63) is 23.8 Å². The van der Waals surface area contributed by atoms with Gasteiger partial charge in [-0.25, -0.2) is 0 Å². The van der Waals surface area contributed by atoms with Gasteiger partial charge in [-0.1, -0.05) is 26.2 Å². The second-order valence-corrected chi connectivity index (χ2v) is 6.40. The fourth-order valence-electron chi connectivity index (χ4n) is 2.96. The molecule has 1 aliphatic rings. The Morgan fingerprint density at radius 1 is 1.31 bits per heavy atom. The Labute approximate surface area is 159 Å². The van der Waals surface area contributed by atoms with E-state index in [0.29, 0.717) is 30.8 Å². The maximum absolute atomic E-state index is 12.7. The Morgan fingerprint density at radius 2 is 2.00 bits per heavy atom. The van der Waals surface area contributed by atoms with Gasteiger partial charge in [-0.05, 0) is 31.4 Å². The number of carbonyl (C=O) groups excluding carboxylic acids is 1. The first-order valence-electron chi connectivity index (χ1n) is 8.72. The van der Waals surface area contributed by atoms with Crippen LogP contribution >= 0.6 is 12.4 Å². The van der Waals surface area contributed by atoms with Crippen molar-refractivity contribution in [1.29, 1.82) is 0 Å². The number of hydrogen-bond acceptors (Lipinski definition) is 4. The van der Waals surface area contributed by atoms with Gasteiger partial charge in [0, 0.05) is 18.2 Å². The Morgan fingerprint density at radius 3 is 2.62 bits per heavy atom. The van der Waals surface area contributed by atoms with Crippen LogP contribution in [0.15, 0.2) is 18.2 Å². The summed E-state index contributed by atoms with van der Waals surface area (Å²) in [7, 11) is 0. The summed E-state index contributed by atoms with van der Waals surface area (Å²) in [4.78, 5) is 12.4. The molecule has 5 nitrogen and oxygen atoms in total. The van der Waals surface area contributed by atoms with Gasteiger partial charge >= 0.3 is 6.61 Å². The van der Waals surface area contributed by atoms with Crippen LogP contribution in [-0.2, 0) is 11.3 Å². The van der Waals surface area contributed by atoms with E-state index < -0.39 is 12.2 Å². The SMILES string of the molecule is CCCOc1ccc(CNC(=O)C2(N)CCCCC2)c(OC(F)F)c1.Cl. The molecule has 8 heteroatoms. The molecule has 26 heavy (non-hydrogen) atoms. The number of nitrogens with one attached hydrogen (secondary N) is 1. The lowest BCUT2D eigenvalue weighted by atomic mass is 9.82. The van der Waals surface area contributed by atoms with E-state index in [2.05, 4.69) is 10.1 Å². The molecule has 1 amide bonds. The number of hydrogen-bond donors (Lipinski definition) is 2. The molecule has 1 fully saturated rings. The minimum Gasteiger partial charge on any atom is -0.493 e. The Balaban J connectivity index is 0.00000338. The molecule has 2 rings (SSSR count). The summed E-state index contributed by atoms with van der Waals surface area (Å²) in [5, 5.41) is 2.76. The third-order valence-electron chi connectivity index (χ3n) is 4.36. The van der Waals surface area contributed by atoms with Crippen molar-refractivity contribution in [3.63, 3.8) is 0 Å². The number of rotatable bonds is 8. The smallest absolute Gasteiger partial charge is 0.387 e. The number of carbonyl (C=O) groups is 1. The summed E-state index contributed by atoms with van der Waals surface area (Å²) in [6.07, 6.45) is 5.02. The summed E-state index contributed by atoms with van der Waals surface area (Å²) >= 11 is 0. The molecule has 1 aromatic rings. The zero-order valence-electron chi connectivity index (χ0n) is 14.9. The zero-order valence-corrected chi connectivity index (χ0v) is 15.7. The highest BCUT2D eigenvalue weighted by Gasteiger charge is 2.35. The molecule has 0 spiro atoms. The van der Waals surface area contributed by atoms with E-state index in [0.717, 1.165) is 25.7 Å². The van der Waals surface area contributed by atoms with Crippen molar-refractivity contribution in [2.24, 2.45) is 5.73 Å². The Bertz CT molecular complexity index is 582. The molecule has 0 aromatic heterocycles. The largest absolute Gasteiger partial charge is 0.493 e. The average Bonchev–Trinajstić information content (AvgIpc) is 2.59. The van der Waals surface area contributed by atoms with Gasteiger partial charge in [0.2, 0.25) is 5.91 Å². The summed E-state index contributed by atoms with van der Waals surface area (Å²) in [6.45, 7) is -0.433. The van der Waals surface area contributed by atoms with E-state index in [1.54, 1.807) is 12.1 Å². The highest BCUT2D eigenvalue weighted by atomic mass is 35.5. The van der Waals surface area contributed by atoms with Crippen molar-refractivity contribution < 1.29 is 23.0 Å². The van der Waals surface area contributed by atoms with Crippen LogP contribution in [0.25, 0.3) is 0 Å². The number of amides is 1. The molecule has 0 aliphatic heterocycles. The lowest BCUT2D eigenvalue weighted by Gasteiger charge is -2.31. The van der Waals surface area contributed by atoms with Gasteiger partial charge in [0.15, 0.2) is 0 Å². The molecule has 0 heterocycles. The van der Waals surface area contributed by atoms with Crippen LogP contribution in [0.2, 0.25) is 0 Å². The first-order chi connectivity index (χ1) is 11.9. The highest BCUT2D eigenvalue weighted by Crippen LogP contribution is 2.28. The third-order valence-corrected chi connectivity index (χ3v) is 4.36. The fraction of sp³-hybridized carbons (Fsp3) is 0.611. The lowest BCUT2D eigenvalue weighted by molar-refractivity contribution is -0.127. The summed E-state index contributed by atoms with van der Waals surface area (Å²) in [5.41, 5.74) is 5.77. The summed E-state index contributed by atoms with van der Waals surface area (Å²) in [6, 6.07) is 4.71. The van der Waals surface area contributed by atoms with Crippen molar-refractivity contribution in [2.75, 3.05) is 6.61 Å². The lowest BCUT2D eigenvalue weighted by Crippen LogP contribution is -2.54. The number of ether oxygens (including phenoxy) is 2. The minimum absolute atomic E-state index is 0. The quantitative estimate of drug-likeness (QED) is 0.706. The summed E-state index contributed by atoms with van der Waals surface area (Å²) < 4.78 is 35.3. The van der Waals surface area contributed by atoms with Crippen molar-refractivity contribution >= 4 is 18.3 Å². The van der Waals surface area contributed by atoms with Crippen molar-refractivity contribution in [1.82, 2.24) is 5.32 Å². The van der Waals surface area contributed by atoms with Crippen LogP contribution in [0.1, 0.15) is 51.0 Å². The second kappa shape index (κ2) is 10.5. The number of benzene rings is 1. The topological polar surface area (TPSA) is 73.6 Å². The predicted octanol–water partition coefficient (Wildman–Crippen LogP) is 3.78. The standard InChI is InChI=1S/C18H26F2N2O3.ClH/c1-2-10-24-14-7-6-13(15(11-14)25-17(19)20)12-22-16(23)18(21)8-4-3-5-9-18;/h6-7,11,17H,2-5,8-10,12,21H2,1H3,(H,22,23);1H. The molecular weight excluding hydrogens is 366 g/mol. The first kappa shape index (κ1) is 22.4. The van der Waals surface area contributed by atoms with Gasteiger partial charge in [0.1, 0.15) is 11.5 Å². The van der Waals surface area contributed by atoms with Crippen LogP contribution in [0.4, 0.5) is 8.78 Å². The minimum atomic E-state index is -2.95. The van der Waals surface area contributed by atoms with Crippen LogP contribution in [-0.4, -0.2) is 24.7 Å². The van der Waals surface area contributed by atoms with Crippen LogP contribution in [0.3, 0.4) is 0 Å². The number of halogens is 3. The monoisotopic (exact) mass is 392 g/mol. The van der Waals surface area contributed by atoms with Gasteiger partial charge in [-0.15, -0.1) is 12.4 Å². The molecule has 148 valence electrons. The highest BCUT2D eigenvalue weighted by molar-refractivity contribution is 5.86. The number of alkyl halides is 2. The van der Waals surface area contributed by atoms with Gasteiger partial charge in [0.05, 0.1) is 12.1 Å².